The van der Waals surface area contributed by atoms with Crippen molar-refractivity contribution in [3.63, 3.8) is 0 Å². The van der Waals surface area contributed by atoms with Gasteiger partial charge in [0.2, 0.25) is 0 Å². The molecule has 1 aromatic rings. The van der Waals surface area contributed by atoms with Crippen molar-refractivity contribution in [1.82, 2.24) is 0 Å². The molecule has 0 aliphatic carbocycles. The van der Waals surface area contributed by atoms with E-state index in [1.807, 2.05) is 19.1 Å². The Bertz CT molecular complexity index is 299. The maximum atomic E-state index is 9.34. The molecular formula is C10H14INO. The largest absolute Gasteiger partial charge is 0.391 e. The standard InChI is InChI=1S/C10H14INO/c1-6-5-8(11)3-4-9(6)10(12)7(2)13/h3-5,7,10,13H,12H2,1-2H3. The summed E-state index contributed by atoms with van der Waals surface area (Å²) in [6, 6.07) is 5.77. The molecule has 0 aromatic heterocycles. The fourth-order valence-electron chi connectivity index (χ4n) is 1.27. The topological polar surface area (TPSA) is 46.2 Å². The zero-order chi connectivity index (χ0) is 10.0. The van der Waals surface area contributed by atoms with E-state index in [2.05, 4.69) is 28.7 Å². The Labute approximate surface area is 92.3 Å². The number of hydrogen-bond donors (Lipinski definition) is 2. The van der Waals surface area contributed by atoms with Crippen LogP contribution in [0.1, 0.15) is 24.1 Å². The van der Waals surface area contributed by atoms with E-state index < -0.39 is 6.10 Å². The van der Waals surface area contributed by atoms with Gasteiger partial charge in [-0.1, -0.05) is 6.07 Å². The minimum Gasteiger partial charge on any atom is -0.391 e. The monoisotopic (exact) mass is 291 g/mol. The first-order valence-electron chi connectivity index (χ1n) is 4.22. The van der Waals surface area contributed by atoms with Gasteiger partial charge >= 0.3 is 0 Å². The molecule has 0 amide bonds. The summed E-state index contributed by atoms with van der Waals surface area (Å²) in [5.41, 5.74) is 8.00. The van der Waals surface area contributed by atoms with Gasteiger partial charge < -0.3 is 10.8 Å². The van der Waals surface area contributed by atoms with Gasteiger partial charge in [0, 0.05) is 3.57 Å². The summed E-state index contributed by atoms with van der Waals surface area (Å²) in [6.45, 7) is 3.72. The highest BCUT2D eigenvalue weighted by Gasteiger charge is 2.13. The molecule has 13 heavy (non-hydrogen) atoms. The first-order valence-corrected chi connectivity index (χ1v) is 5.30. The molecular weight excluding hydrogens is 277 g/mol. The van der Waals surface area contributed by atoms with E-state index >= 15 is 0 Å². The minimum atomic E-state index is -0.501. The fraction of sp³-hybridized carbons (Fsp3) is 0.400. The minimum absolute atomic E-state index is 0.281. The number of aryl methyl sites for hydroxylation is 1. The van der Waals surface area contributed by atoms with Gasteiger partial charge in [-0.2, -0.15) is 0 Å². The molecule has 0 fully saturated rings. The van der Waals surface area contributed by atoms with Crippen LogP contribution in [0.25, 0.3) is 0 Å². The van der Waals surface area contributed by atoms with Gasteiger partial charge in [-0.15, -0.1) is 0 Å². The molecule has 1 rings (SSSR count). The first-order chi connectivity index (χ1) is 6.02. The van der Waals surface area contributed by atoms with Crippen LogP contribution in [0.5, 0.6) is 0 Å². The number of benzene rings is 1. The zero-order valence-corrected chi connectivity index (χ0v) is 9.95. The summed E-state index contributed by atoms with van der Waals surface area (Å²) in [5, 5.41) is 9.34. The number of rotatable bonds is 2. The van der Waals surface area contributed by atoms with Gasteiger partial charge in [-0.25, -0.2) is 0 Å². The molecule has 3 heteroatoms. The van der Waals surface area contributed by atoms with Crippen molar-refractivity contribution in [2.75, 3.05) is 0 Å². The van der Waals surface area contributed by atoms with Crippen LogP contribution in [0.4, 0.5) is 0 Å². The van der Waals surface area contributed by atoms with Crippen LogP contribution in [-0.4, -0.2) is 11.2 Å². The lowest BCUT2D eigenvalue weighted by molar-refractivity contribution is 0.164. The molecule has 0 radical (unpaired) electrons. The maximum absolute atomic E-state index is 9.34. The van der Waals surface area contributed by atoms with Crippen molar-refractivity contribution >= 4 is 22.6 Å². The lowest BCUT2D eigenvalue weighted by atomic mass is 9.99. The number of aliphatic hydroxyl groups excluding tert-OH is 1. The lowest BCUT2D eigenvalue weighted by Crippen LogP contribution is -2.23. The van der Waals surface area contributed by atoms with Gasteiger partial charge in [0.05, 0.1) is 12.1 Å². The molecule has 0 spiro atoms. The number of nitrogens with two attached hydrogens (primary N) is 1. The van der Waals surface area contributed by atoms with Gasteiger partial charge in [0.15, 0.2) is 0 Å². The first kappa shape index (κ1) is 10.9. The number of hydrogen-bond acceptors (Lipinski definition) is 2. The molecule has 3 N–H and O–H groups in total. The predicted molar refractivity (Wildman–Crippen MR) is 62.5 cm³/mol. The second kappa shape index (κ2) is 4.39. The van der Waals surface area contributed by atoms with E-state index in [0.29, 0.717) is 0 Å². The molecule has 2 unspecified atom stereocenters. The predicted octanol–water partition coefficient (Wildman–Crippen LogP) is 1.98. The van der Waals surface area contributed by atoms with Gasteiger partial charge in [0.1, 0.15) is 0 Å². The highest BCUT2D eigenvalue weighted by Crippen LogP contribution is 2.20. The summed E-state index contributed by atoms with van der Waals surface area (Å²) < 4.78 is 1.19. The molecule has 2 atom stereocenters. The van der Waals surface area contributed by atoms with Crippen molar-refractivity contribution in [3.05, 3.63) is 32.9 Å². The third-order valence-electron chi connectivity index (χ3n) is 2.11. The lowest BCUT2D eigenvalue weighted by Gasteiger charge is -2.17. The highest BCUT2D eigenvalue weighted by molar-refractivity contribution is 14.1. The van der Waals surface area contributed by atoms with Crippen molar-refractivity contribution in [1.29, 1.82) is 0 Å². The second-order valence-corrected chi connectivity index (χ2v) is 4.51. The molecule has 72 valence electrons. The summed E-state index contributed by atoms with van der Waals surface area (Å²) in [5.74, 6) is 0. The van der Waals surface area contributed by atoms with Crippen LogP contribution in [0.2, 0.25) is 0 Å². The summed E-state index contributed by atoms with van der Waals surface area (Å²) >= 11 is 2.26. The Morgan fingerprint density at radius 2 is 2.08 bits per heavy atom. The quantitative estimate of drug-likeness (QED) is 0.818. The van der Waals surface area contributed by atoms with Crippen molar-refractivity contribution in [3.8, 4) is 0 Å². The zero-order valence-electron chi connectivity index (χ0n) is 7.79. The van der Waals surface area contributed by atoms with E-state index in [-0.39, 0.29) is 6.04 Å². The van der Waals surface area contributed by atoms with E-state index in [9.17, 15) is 5.11 Å². The normalized spacial score (nSPS) is 15.5. The molecule has 2 nitrogen and oxygen atoms in total. The van der Waals surface area contributed by atoms with Gasteiger partial charge in [-0.3, -0.25) is 0 Å². The van der Waals surface area contributed by atoms with Crippen LogP contribution in [0.3, 0.4) is 0 Å². The average Bonchev–Trinajstić information content (AvgIpc) is 2.03. The molecule has 1 aromatic carbocycles. The SMILES string of the molecule is Cc1cc(I)ccc1C(N)C(C)O. The Hall–Kier alpha value is -0.130. The molecule has 0 aliphatic rings. The number of aliphatic hydroxyl groups is 1. The third-order valence-corrected chi connectivity index (χ3v) is 2.78. The Morgan fingerprint density at radius 3 is 2.54 bits per heavy atom. The van der Waals surface area contributed by atoms with Gasteiger partial charge in [-0.05, 0) is 59.7 Å². The van der Waals surface area contributed by atoms with Crippen LogP contribution in [0.15, 0.2) is 18.2 Å². The maximum Gasteiger partial charge on any atom is 0.0704 e. The molecule has 0 saturated heterocycles. The summed E-state index contributed by atoms with van der Waals surface area (Å²) in [6.07, 6.45) is -0.501. The van der Waals surface area contributed by atoms with Crippen LogP contribution >= 0.6 is 22.6 Å². The Morgan fingerprint density at radius 1 is 1.46 bits per heavy atom. The third kappa shape index (κ3) is 2.65. The molecule has 0 aliphatic heterocycles. The molecule has 0 heterocycles. The Balaban J connectivity index is 3.01. The highest BCUT2D eigenvalue weighted by atomic mass is 127. The van der Waals surface area contributed by atoms with Crippen LogP contribution < -0.4 is 5.73 Å². The van der Waals surface area contributed by atoms with Gasteiger partial charge in [0.25, 0.3) is 0 Å². The van der Waals surface area contributed by atoms with Crippen molar-refractivity contribution in [2.24, 2.45) is 5.73 Å². The second-order valence-electron chi connectivity index (χ2n) is 3.27. The number of halogens is 1. The summed E-state index contributed by atoms with van der Waals surface area (Å²) in [4.78, 5) is 0. The van der Waals surface area contributed by atoms with Crippen LogP contribution in [-0.2, 0) is 0 Å². The average molecular weight is 291 g/mol. The van der Waals surface area contributed by atoms with Crippen molar-refractivity contribution < 1.29 is 5.11 Å². The van der Waals surface area contributed by atoms with E-state index in [1.165, 1.54) is 3.57 Å². The molecule has 0 saturated carbocycles. The van der Waals surface area contributed by atoms with E-state index in [1.54, 1.807) is 6.92 Å². The van der Waals surface area contributed by atoms with E-state index in [0.717, 1.165) is 11.1 Å². The fourth-order valence-corrected chi connectivity index (χ4v) is 1.92. The molecule has 0 bridgehead atoms. The van der Waals surface area contributed by atoms with Crippen LogP contribution in [0, 0.1) is 10.5 Å². The summed E-state index contributed by atoms with van der Waals surface area (Å²) in [7, 11) is 0. The van der Waals surface area contributed by atoms with Crippen molar-refractivity contribution in [2.45, 2.75) is 26.0 Å². The smallest absolute Gasteiger partial charge is 0.0704 e. The Kier molecular flexibility index (Phi) is 3.70. The van der Waals surface area contributed by atoms with E-state index in [4.69, 9.17) is 5.73 Å².